The molecule has 1 aliphatic heterocycles. The number of fused-ring (bicyclic) bond motifs is 1. The minimum Gasteiger partial charge on any atom is -0.496 e. The molecule has 138 valence electrons. The molecule has 1 saturated carbocycles. The quantitative estimate of drug-likeness (QED) is 0.835. The van der Waals surface area contributed by atoms with Gasteiger partial charge >= 0.3 is 0 Å². The summed E-state index contributed by atoms with van der Waals surface area (Å²) in [5, 5.41) is 0. The van der Waals surface area contributed by atoms with Crippen LogP contribution in [-0.4, -0.2) is 69.3 Å². The smallest absolute Gasteiger partial charge is 0.260 e. The lowest BCUT2D eigenvalue weighted by molar-refractivity contribution is -0.0209. The number of likely N-dealkylation sites (tertiary alicyclic amines) is 1. The number of carbonyl (C=O) groups excluding carboxylic acids is 1. The van der Waals surface area contributed by atoms with Gasteiger partial charge in [0.2, 0.25) is 0 Å². The summed E-state index contributed by atoms with van der Waals surface area (Å²) in [7, 11) is 7.35. The minimum atomic E-state index is -0.528. The highest BCUT2D eigenvalue weighted by atomic mass is 19.1. The van der Waals surface area contributed by atoms with Crippen molar-refractivity contribution in [3.8, 4) is 5.75 Å². The Balaban J connectivity index is 1.78. The van der Waals surface area contributed by atoms with Crippen LogP contribution in [0.25, 0.3) is 0 Å². The van der Waals surface area contributed by atoms with E-state index in [2.05, 4.69) is 19.0 Å². The molecule has 0 N–H and O–H groups in total. The van der Waals surface area contributed by atoms with Crippen molar-refractivity contribution in [2.24, 2.45) is 11.8 Å². The Morgan fingerprint density at radius 3 is 2.48 bits per heavy atom. The Morgan fingerprint density at radius 1 is 1.20 bits per heavy atom. The fourth-order valence-electron chi connectivity index (χ4n) is 4.39. The van der Waals surface area contributed by atoms with E-state index in [4.69, 9.17) is 9.47 Å². The predicted octanol–water partition coefficient (Wildman–Crippen LogP) is 2.26. The maximum absolute atomic E-state index is 14.2. The molecule has 3 rings (SSSR count). The van der Waals surface area contributed by atoms with Crippen molar-refractivity contribution in [1.29, 1.82) is 0 Å². The first-order chi connectivity index (χ1) is 12.0. The van der Waals surface area contributed by atoms with Gasteiger partial charge in [-0.2, -0.15) is 0 Å². The van der Waals surface area contributed by atoms with Crippen LogP contribution in [0, 0.1) is 17.7 Å². The number of likely N-dealkylation sites (N-methyl/N-ethyl adjacent to an activating group) is 1. The van der Waals surface area contributed by atoms with Crippen LogP contribution in [0.3, 0.4) is 0 Å². The summed E-state index contributed by atoms with van der Waals surface area (Å²) in [6.07, 6.45) is 2.10. The van der Waals surface area contributed by atoms with E-state index < -0.39 is 5.82 Å². The molecule has 4 atom stereocenters. The van der Waals surface area contributed by atoms with E-state index in [9.17, 15) is 9.18 Å². The molecular weight excluding hydrogens is 323 g/mol. The van der Waals surface area contributed by atoms with Crippen LogP contribution in [0.4, 0.5) is 4.39 Å². The van der Waals surface area contributed by atoms with Gasteiger partial charge in [-0.15, -0.1) is 0 Å². The molecule has 6 heteroatoms. The summed E-state index contributed by atoms with van der Waals surface area (Å²) >= 11 is 0. The van der Waals surface area contributed by atoms with Gasteiger partial charge < -0.3 is 19.3 Å². The first kappa shape index (κ1) is 18.1. The molecule has 1 aromatic rings. The average molecular weight is 350 g/mol. The van der Waals surface area contributed by atoms with Gasteiger partial charge in [0.1, 0.15) is 17.1 Å². The van der Waals surface area contributed by atoms with E-state index >= 15 is 0 Å². The number of amides is 1. The SMILES string of the molecule is COc1cccc(F)c1C(=O)N1C[C@H]2C[C@@H](N(C)C)[C@H](OC)C[C@H]2C1. The summed E-state index contributed by atoms with van der Waals surface area (Å²) in [5.41, 5.74) is 0.0381. The number of benzene rings is 1. The van der Waals surface area contributed by atoms with Crippen LogP contribution in [0.5, 0.6) is 5.75 Å². The summed E-state index contributed by atoms with van der Waals surface area (Å²) in [6, 6.07) is 4.84. The Hall–Kier alpha value is -1.66. The maximum Gasteiger partial charge on any atom is 0.260 e. The number of nitrogens with zero attached hydrogens (tertiary/aromatic N) is 2. The first-order valence-electron chi connectivity index (χ1n) is 8.77. The first-order valence-corrected chi connectivity index (χ1v) is 8.77. The molecule has 0 aromatic heterocycles. The van der Waals surface area contributed by atoms with E-state index in [0.717, 1.165) is 12.8 Å². The molecule has 0 radical (unpaired) electrons. The van der Waals surface area contributed by atoms with Gasteiger partial charge in [0, 0.05) is 26.2 Å². The molecule has 1 heterocycles. The third-order valence-electron chi connectivity index (χ3n) is 5.75. The van der Waals surface area contributed by atoms with Crippen LogP contribution in [0.2, 0.25) is 0 Å². The Bertz CT molecular complexity index is 637. The summed E-state index contributed by atoms with van der Waals surface area (Å²) in [5.74, 6) is 0.323. The van der Waals surface area contributed by atoms with Crippen molar-refractivity contribution in [3.05, 3.63) is 29.6 Å². The van der Waals surface area contributed by atoms with Crippen molar-refractivity contribution in [2.45, 2.75) is 25.0 Å². The molecule has 5 nitrogen and oxygen atoms in total. The highest BCUT2D eigenvalue weighted by molar-refractivity contribution is 5.97. The number of hydrogen-bond donors (Lipinski definition) is 0. The molecule has 1 aliphatic carbocycles. The highest BCUT2D eigenvalue weighted by Gasteiger charge is 2.44. The lowest BCUT2D eigenvalue weighted by atomic mass is 9.77. The van der Waals surface area contributed by atoms with Crippen molar-refractivity contribution in [2.75, 3.05) is 41.4 Å². The zero-order valence-electron chi connectivity index (χ0n) is 15.4. The van der Waals surface area contributed by atoms with Crippen LogP contribution in [-0.2, 0) is 4.74 Å². The second kappa shape index (κ2) is 7.30. The summed E-state index contributed by atoms with van der Waals surface area (Å²) in [4.78, 5) is 16.9. The average Bonchev–Trinajstić information content (AvgIpc) is 3.02. The van der Waals surface area contributed by atoms with Gasteiger partial charge in [0.25, 0.3) is 5.91 Å². The molecule has 0 unspecified atom stereocenters. The van der Waals surface area contributed by atoms with E-state index in [1.807, 2.05) is 0 Å². The predicted molar refractivity (Wildman–Crippen MR) is 93.3 cm³/mol. The van der Waals surface area contributed by atoms with Crippen molar-refractivity contribution in [3.63, 3.8) is 0 Å². The van der Waals surface area contributed by atoms with Gasteiger partial charge in [0.15, 0.2) is 0 Å². The van der Waals surface area contributed by atoms with Gasteiger partial charge in [0.05, 0.1) is 13.2 Å². The minimum absolute atomic E-state index is 0.0381. The number of rotatable bonds is 4. The van der Waals surface area contributed by atoms with Crippen LogP contribution >= 0.6 is 0 Å². The highest BCUT2D eigenvalue weighted by Crippen LogP contribution is 2.39. The largest absolute Gasteiger partial charge is 0.496 e. The molecular formula is C19H27FN2O3. The van der Waals surface area contributed by atoms with Gasteiger partial charge in [-0.05, 0) is 50.9 Å². The van der Waals surface area contributed by atoms with Gasteiger partial charge in [-0.1, -0.05) is 6.07 Å². The van der Waals surface area contributed by atoms with Gasteiger partial charge in [-0.3, -0.25) is 4.79 Å². The summed E-state index contributed by atoms with van der Waals surface area (Å²) < 4.78 is 25.1. The zero-order valence-corrected chi connectivity index (χ0v) is 15.4. The van der Waals surface area contributed by atoms with Crippen molar-refractivity contribution >= 4 is 5.91 Å². The van der Waals surface area contributed by atoms with E-state index in [1.54, 1.807) is 24.1 Å². The Kier molecular flexibility index (Phi) is 5.29. The maximum atomic E-state index is 14.2. The van der Waals surface area contributed by atoms with Crippen LogP contribution < -0.4 is 4.74 Å². The molecule has 2 fully saturated rings. The number of hydrogen-bond acceptors (Lipinski definition) is 4. The fraction of sp³-hybridized carbons (Fsp3) is 0.632. The van der Waals surface area contributed by atoms with Crippen LogP contribution in [0.15, 0.2) is 18.2 Å². The van der Waals surface area contributed by atoms with E-state index in [1.165, 1.54) is 13.2 Å². The second-order valence-corrected chi connectivity index (χ2v) is 7.32. The Labute approximate surface area is 148 Å². The normalized spacial score (nSPS) is 29.0. The standard InChI is InChI=1S/C19H27FN2O3/c1-21(2)15-8-12-10-22(11-13(12)9-17(15)25-4)19(23)18-14(20)6-5-7-16(18)24-3/h5-7,12-13,15,17H,8-11H2,1-4H3/t12-,13+,15-,17-/m1/s1. The molecule has 1 saturated heterocycles. The number of methoxy groups -OCH3 is 2. The third kappa shape index (κ3) is 3.37. The molecule has 0 spiro atoms. The van der Waals surface area contributed by atoms with E-state index in [-0.39, 0.29) is 17.6 Å². The topological polar surface area (TPSA) is 42.0 Å². The zero-order chi connectivity index (χ0) is 18.1. The lowest BCUT2D eigenvalue weighted by Gasteiger charge is -2.40. The number of ether oxygens (including phenoxy) is 2. The fourth-order valence-corrected chi connectivity index (χ4v) is 4.39. The van der Waals surface area contributed by atoms with Gasteiger partial charge in [-0.25, -0.2) is 4.39 Å². The molecule has 1 amide bonds. The monoisotopic (exact) mass is 350 g/mol. The lowest BCUT2D eigenvalue weighted by Crippen LogP contribution is -2.47. The number of carbonyl (C=O) groups is 1. The molecule has 2 aliphatic rings. The molecule has 25 heavy (non-hydrogen) atoms. The van der Waals surface area contributed by atoms with E-state index in [0.29, 0.717) is 36.7 Å². The summed E-state index contributed by atoms with van der Waals surface area (Å²) in [6.45, 7) is 1.32. The van der Waals surface area contributed by atoms with Crippen molar-refractivity contribution < 1.29 is 18.7 Å². The Morgan fingerprint density at radius 2 is 1.88 bits per heavy atom. The second-order valence-electron chi connectivity index (χ2n) is 7.32. The van der Waals surface area contributed by atoms with Crippen LogP contribution in [0.1, 0.15) is 23.2 Å². The molecule has 1 aromatic carbocycles. The van der Waals surface area contributed by atoms with Crippen molar-refractivity contribution in [1.82, 2.24) is 9.80 Å². The molecule has 0 bridgehead atoms. The number of halogens is 1. The third-order valence-corrected chi connectivity index (χ3v) is 5.75.